The topological polar surface area (TPSA) is 58.2 Å². The molecule has 0 radical (unpaired) electrons. The highest BCUT2D eigenvalue weighted by Gasteiger charge is 2.35. The average Bonchev–Trinajstić information content (AvgIpc) is 3.41. The fourth-order valence-corrected chi connectivity index (χ4v) is 2.62. The number of hydrogen-bond donors (Lipinski definition) is 2. The van der Waals surface area contributed by atoms with Gasteiger partial charge >= 0.3 is 6.18 Å². The summed E-state index contributed by atoms with van der Waals surface area (Å²) in [6.45, 7) is 0. The Kier molecular flexibility index (Phi) is 5.04. The molecule has 0 unspecified atom stereocenters. The van der Waals surface area contributed by atoms with Crippen LogP contribution < -0.4 is 10.6 Å². The standard InChI is InChI=1S/C18H14BrF3N2O2/c19-12-5-3-11(4-6-12)17(26)24-15-8-7-13(9-14(15)18(20,21)22)23-16(25)10-1-2-10/h3-10H,1-2H2,(H,23,25)(H,24,26). The van der Waals surface area contributed by atoms with E-state index in [1.807, 2.05) is 0 Å². The lowest BCUT2D eigenvalue weighted by atomic mass is 10.1. The van der Waals surface area contributed by atoms with Crippen LogP contribution in [0, 0.1) is 5.92 Å². The number of nitrogens with one attached hydrogen (secondary N) is 2. The van der Waals surface area contributed by atoms with Crippen molar-refractivity contribution in [2.24, 2.45) is 5.92 Å². The summed E-state index contributed by atoms with van der Waals surface area (Å²) in [5, 5.41) is 4.76. The Morgan fingerprint density at radius 2 is 1.65 bits per heavy atom. The number of carbonyl (C=O) groups is 2. The van der Waals surface area contributed by atoms with Crippen molar-refractivity contribution in [3.63, 3.8) is 0 Å². The van der Waals surface area contributed by atoms with Crippen molar-refractivity contribution in [2.45, 2.75) is 19.0 Å². The maximum absolute atomic E-state index is 13.4. The first-order valence-electron chi connectivity index (χ1n) is 7.83. The van der Waals surface area contributed by atoms with E-state index < -0.39 is 17.6 Å². The molecule has 0 aromatic heterocycles. The summed E-state index contributed by atoms with van der Waals surface area (Å²) in [5.41, 5.74) is -1.10. The molecule has 1 aliphatic rings. The molecule has 26 heavy (non-hydrogen) atoms. The van der Waals surface area contributed by atoms with E-state index in [1.165, 1.54) is 18.2 Å². The molecule has 8 heteroatoms. The number of alkyl halides is 3. The van der Waals surface area contributed by atoms with E-state index in [0.717, 1.165) is 29.4 Å². The number of benzene rings is 2. The van der Waals surface area contributed by atoms with E-state index in [-0.39, 0.29) is 28.8 Å². The molecule has 1 aliphatic carbocycles. The highest BCUT2D eigenvalue weighted by Crippen LogP contribution is 2.37. The number of halogens is 4. The number of rotatable bonds is 4. The summed E-state index contributed by atoms with van der Waals surface area (Å²) in [6.07, 6.45) is -3.18. The zero-order chi connectivity index (χ0) is 18.9. The third-order valence-electron chi connectivity index (χ3n) is 3.90. The summed E-state index contributed by atoms with van der Waals surface area (Å²) >= 11 is 3.23. The van der Waals surface area contributed by atoms with E-state index in [9.17, 15) is 22.8 Å². The maximum atomic E-state index is 13.4. The van der Waals surface area contributed by atoms with Gasteiger partial charge in [0.25, 0.3) is 5.91 Å². The van der Waals surface area contributed by atoms with Crippen LogP contribution in [0.25, 0.3) is 0 Å². The molecule has 0 atom stereocenters. The predicted molar refractivity (Wildman–Crippen MR) is 94.9 cm³/mol. The third-order valence-corrected chi connectivity index (χ3v) is 4.42. The molecule has 0 spiro atoms. The highest BCUT2D eigenvalue weighted by atomic mass is 79.9. The van der Waals surface area contributed by atoms with Crippen molar-refractivity contribution in [3.05, 3.63) is 58.1 Å². The zero-order valence-corrected chi connectivity index (χ0v) is 14.9. The maximum Gasteiger partial charge on any atom is 0.418 e. The Morgan fingerprint density at radius 3 is 2.23 bits per heavy atom. The summed E-state index contributed by atoms with van der Waals surface area (Å²) in [5.74, 6) is -1.07. The van der Waals surface area contributed by atoms with Gasteiger partial charge < -0.3 is 10.6 Å². The number of carbonyl (C=O) groups excluding carboxylic acids is 2. The van der Waals surface area contributed by atoms with Gasteiger partial charge in [0.1, 0.15) is 0 Å². The second kappa shape index (κ2) is 7.11. The van der Waals surface area contributed by atoms with E-state index in [4.69, 9.17) is 0 Å². The number of anilines is 2. The lowest BCUT2D eigenvalue weighted by Gasteiger charge is -2.16. The van der Waals surface area contributed by atoms with Crippen molar-refractivity contribution in [1.82, 2.24) is 0 Å². The van der Waals surface area contributed by atoms with Crippen LogP contribution in [0.5, 0.6) is 0 Å². The molecule has 0 aliphatic heterocycles. The Labute approximate surface area is 155 Å². The molecule has 1 saturated carbocycles. The first kappa shape index (κ1) is 18.4. The van der Waals surface area contributed by atoms with Crippen molar-refractivity contribution >= 4 is 39.1 Å². The smallest absolute Gasteiger partial charge is 0.326 e. The van der Waals surface area contributed by atoms with Crippen LogP contribution in [0.1, 0.15) is 28.8 Å². The molecule has 2 N–H and O–H groups in total. The number of amides is 2. The fraction of sp³-hybridized carbons (Fsp3) is 0.222. The van der Waals surface area contributed by atoms with Gasteiger partial charge in [-0.1, -0.05) is 15.9 Å². The van der Waals surface area contributed by atoms with Crippen LogP contribution in [-0.4, -0.2) is 11.8 Å². The molecule has 2 aromatic carbocycles. The molecule has 0 bridgehead atoms. The third kappa shape index (κ3) is 4.43. The first-order chi connectivity index (χ1) is 12.2. The van der Waals surface area contributed by atoms with E-state index in [1.54, 1.807) is 12.1 Å². The Bertz CT molecular complexity index is 847. The van der Waals surface area contributed by atoms with Gasteiger partial charge in [-0.15, -0.1) is 0 Å². The monoisotopic (exact) mass is 426 g/mol. The summed E-state index contributed by atoms with van der Waals surface area (Å²) in [4.78, 5) is 23.9. The molecule has 0 heterocycles. The average molecular weight is 427 g/mol. The largest absolute Gasteiger partial charge is 0.418 e. The SMILES string of the molecule is O=C(Nc1ccc(NC(=O)C2CC2)cc1C(F)(F)F)c1ccc(Br)cc1. The molecule has 2 amide bonds. The molecule has 136 valence electrons. The number of hydrogen-bond acceptors (Lipinski definition) is 2. The Hall–Kier alpha value is -2.35. The first-order valence-corrected chi connectivity index (χ1v) is 8.62. The van der Waals surface area contributed by atoms with Gasteiger partial charge in [0.05, 0.1) is 11.3 Å². The highest BCUT2D eigenvalue weighted by molar-refractivity contribution is 9.10. The minimum absolute atomic E-state index is 0.0517. The van der Waals surface area contributed by atoms with Crippen molar-refractivity contribution in [2.75, 3.05) is 10.6 Å². The lowest BCUT2D eigenvalue weighted by molar-refractivity contribution is -0.137. The normalized spacial score (nSPS) is 14.0. The molecule has 2 aromatic rings. The van der Waals surface area contributed by atoms with Crippen LogP contribution in [0.15, 0.2) is 46.9 Å². The van der Waals surface area contributed by atoms with Crippen molar-refractivity contribution in [1.29, 1.82) is 0 Å². The van der Waals surface area contributed by atoms with Crippen molar-refractivity contribution < 1.29 is 22.8 Å². The predicted octanol–water partition coefficient (Wildman–Crippen LogP) is 5.07. The van der Waals surface area contributed by atoms with E-state index in [2.05, 4.69) is 26.6 Å². The van der Waals surface area contributed by atoms with Crippen molar-refractivity contribution in [3.8, 4) is 0 Å². The van der Waals surface area contributed by atoms with Gasteiger partial charge in [0.15, 0.2) is 0 Å². The zero-order valence-electron chi connectivity index (χ0n) is 13.4. The van der Waals surface area contributed by atoms with Crippen LogP contribution >= 0.6 is 15.9 Å². The minimum atomic E-state index is -4.68. The Morgan fingerprint density at radius 1 is 1.00 bits per heavy atom. The molecular formula is C18H14BrF3N2O2. The Balaban J connectivity index is 1.84. The molecule has 4 nitrogen and oxygen atoms in total. The van der Waals surface area contributed by atoms with Gasteiger partial charge in [-0.2, -0.15) is 13.2 Å². The quantitative estimate of drug-likeness (QED) is 0.716. The lowest BCUT2D eigenvalue weighted by Crippen LogP contribution is -2.18. The van der Waals surface area contributed by atoms with Gasteiger partial charge in [0.2, 0.25) is 5.91 Å². The van der Waals surface area contributed by atoms with Crippen LogP contribution in [-0.2, 0) is 11.0 Å². The second-order valence-electron chi connectivity index (χ2n) is 5.98. The van der Waals surface area contributed by atoms with Crippen LogP contribution in [0.3, 0.4) is 0 Å². The van der Waals surface area contributed by atoms with Gasteiger partial charge in [-0.3, -0.25) is 9.59 Å². The second-order valence-corrected chi connectivity index (χ2v) is 6.90. The van der Waals surface area contributed by atoms with E-state index >= 15 is 0 Å². The summed E-state index contributed by atoms with van der Waals surface area (Å²) in [7, 11) is 0. The van der Waals surface area contributed by atoms with E-state index in [0.29, 0.717) is 0 Å². The van der Waals surface area contributed by atoms with Crippen LogP contribution in [0.4, 0.5) is 24.5 Å². The van der Waals surface area contributed by atoms with Gasteiger partial charge in [-0.05, 0) is 55.3 Å². The summed E-state index contributed by atoms with van der Waals surface area (Å²) < 4.78 is 40.9. The molecular weight excluding hydrogens is 413 g/mol. The van der Waals surface area contributed by atoms with Gasteiger partial charge in [0, 0.05) is 21.6 Å². The minimum Gasteiger partial charge on any atom is -0.326 e. The summed E-state index contributed by atoms with van der Waals surface area (Å²) in [6, 6.07) is 9.55. The molecule has 1 fully saturated rings. The molecule has 3 rings (SSSR count). The van der Waals surface area contributed by atoms with Crippen LogP contribution in [0.2, 0.25) is 0 Å². The van der Waals surface area contributed by atoms with Gasteiger partial charge in [-0.25, -0.2) is 0 Å². The fourth-order valence-electron chi connectivity index (χ4n) is 2.35. The molecule has 0 saturated heterocycles.